The van der Waals surface area contributed by atoms with Crippen molar-refractivity contribution in [2.24, 2.45) is 0 Å². The summed E-state index contributed by atoms with van der Waals surface area (Å²) in [6.07, 6.45) is -12.8. The van der Waals surface area contributed by atoms with Crippen LogP contribution in [0.25, 0.3) is 0 Å². The second kappa shape index (κ2) is 12.7. The first-order chi connectivity index (χ1) is 16.7. The maximum atomic E-state index is 12.8. The quantitative estimate of drug-likeness (QED) is 0.124. The van der Waals surface area contributed by atoms with Crippen molar-refractivity contribution >= 4 is 15.6 Å². The summed E-state index contributed by atoms with van der Waals surface area (Å²) in [5, 5.41) is 49.1. The molecule has 0 amide bonds. The van der Waals surface area contributed by atoms with E-state index in [1.807, 2.05) is 4.98 Å². The van der Waals surface area contributed by atoms with Gasteiger partial charge < -0.3 is 44.8 Å². The number of nitrogens with zero attached hydrogens (tertiary/aromatic N) is 1. The molecule has 0 aliphatic carbocycles. The van der Waals surface area contributed by atoms with E-state index in [1.165, 1.54) is 0 Å². The summed E-state index contributed by atoms with van der Waals surface area (Å²) in [7, 11) is -10.9. The van der Waals surface area contributed by atoms with Crippen LogP contribution in [0.15, 0.2) is 21.9 Å². The van der Waals surface area contributed by atoms with Crippen LogP contribution in [-0.4, -0.2) is 101 Å². The van der Waals surface area contributed by atoms with E-state index in [0.717, 1.165) is 34.2 Å². The zero-order chi connectivity index (χ0) is 27.4. The van der Waals surface area contributed by atoms with Crippen LogP contribution in [0.4, 0.5) is 0 Å². The van der Waals surface area contributed by atoms with Crippen LogP contribution in [0.3, 0.4) is 0 Å². The second-order valence-electron chi connectivity index (χ2n) is 7.19. The molecular formula is C14H22N2O17P2V. The topological polar surface area (TPSA) is 294 Å². The number of nitrogens with one attached hydrogen (secondary N) is 1. The number of aliphatic hydroxyl groups excluding tert-OH is 5. The van der Waals surface area contributed by atoms with E-state index in [0.29, 0.717) is 0 Å². The van der Waals surface area contributed by atoms with Crippen molar-refractivity contribution in [1.82, 2.24) is 9.55 Å². The molecule has 36 heavy (non-hydrogen) atoms. The molecular weight excluding hydrogens is 581 g/mol. The van der Waals surface area contributed by atoms with Gasteiger partial charge in [0, 0.05) is 12.3 Å². The van der Waals surface area contributed by atoms with E-state index >= 15 is 0 Å². The fourth-order valence-electron chi connectivity index (χ4n) is 3.17. The molecule has 2 aliphatic rings. The van der Waals surface area contributed by atoms with Gasteiger partial charge in [-0.1, -0.05) is 0 Å². The van der Waals surface area contributed by atoms with Gasteiger partial charge in [-0.05, 0) is 0 Å². The van der Waals surface area contributed by atoms with Gasteiger partial charge in [0.05, 0.1) is 13.2 Å². The van der Waals surface area contributed by atoms with Crippen molar-refractivity contribution in [3.05, 3.63) is 33.1 Å². The second-order valence-corrected chi connectivity index (χ2v) is 10.2. The number of H-pyrrole nitrogens is 1. The Morgan fingerprint density at radius 3 is 2.14 bits per heavy atom. The molecule has 0 aromatic carbocycles. The van der Waals surface area contributed by atoms with Gasteiger partial charge in [0.15, 0.2) is 12.5 Å². The van der Waals surface area contributed by atoms with Gasteiger partial charge >= 0.3 is 42.4 Å². The molecule has 19 nitrogen and oxygen atoms in total. The van der Waals surface area contributed by atoms with Gasteiger partial charge in [-0.2, -0.15) is 4.31 Å². The van der Waals surface area contributed by atoms with Crippen molar-refractivity contribution in [3.8, 4) is 0 Å². The summed E-state index contributed by atoms with van der Waals surface area (Å²) in [5.41, 5.74) is -1.74. The van der Waals surface area contributed by atoms with E-state index in [4.69, 9.17) is 37.1 Å². The first kappa shape index (κ1) is 31.3. The number of aromatic nitrogens is 2. The van der Waals surface area contributed by atoms with Crippen LogP contribution in [-0.2, 0) is 53.0 Å². The van der Waals surface area contributed by atoms with Gasteiger partial charge in [-0.3, -0.25) is 23.4 Å². The average Bonchev–Trinajstić information content (AvgIpc) is 3.22. The van der Waals surface area contributed by atoms with Crippen LogP contribution < -0.4 is 11.2 Å². The minimum absolute atomic E-state index is 0.733. The molecule has 2 saturated heterocycles. The first-order valence-corrected chi connectivity index (χ1v) is 13.1. The average molecular weight is 603 g/mol. The molecule has 205 valence electrons. The van der Waals surface area contributed by atoms with Gasteiger partial charge in [-0.15, -0.1) is 0 Å². The van der Waals surface area contributed by atoms with Crippen molar-refractivity contribution in [1.29, 1.82) is 0 Å². The summed E-state index contributed by atoms with van der Waals surface area (Å²) >= 11 is 1.06. The molecule has 2 unspecified atom stereocenters. The van der Waals surface area contributed by atoms with Crippen LogP contribution in [0.5, 0.6) is 0 Å². The summed E-state index contributed by atoms with van der Waals surface area (Å²) in [4.78, 5) is 43.1. The monoisotopic (exact) mass is 603 g/mol. The van der Waals surface area contributed by atoms with E-state index in [2.05, 4.69) is 4.31 Å². The molecule has 3 rings (SSSR count). The zero-order valence-corrected chi connectivity index (χ0v) is 20.9. The molecule has 2 fully saturated rings. The van der Waals surface area contributed by atoms with Crippen LogP contribution >= 0.6 is 15.6 Å². The summed E-state index contributed by atoms with van der Waals surface area (Å²) in [6.45, 7) is -1.80. The van der Waals surface area contributed by atoms with Crippen molar-refractivity contribution in [3.63, 3.8) is 0 Å². The molecule has 0 radical (unpaired) electrons. The number of phosphoric acid groups is 2. The van der Waals surface area contributed by atoms with E-state index in [1.54, 1.807) is 0 Å². The summed E-state index contributed by atoms with van der Waals surface area (Å²) in [5.74, 6) is 0. The van der Waals surface area contributed by atoms with E-state index < -0.39 is 89.2 Å². The molecule has 2 aliphatic heterocycles. The van der Waals surface area contributed by atoms with Crippen molar-refractivity contribution in [2.75, 3.05) is 13.2 Å². The normalized spacial score (nSPS) is 34.1. The number of ether oxygens (including phenoxy) is 2. The van der Waals surface area contributed by atoms with Crippen LogP contribution in [0.1, 0.15) is 6.23 Å². The fraction of sp³-hybridized carbons (Fsp3) is 0.714. The third-order valence-electron chi connectivity index (χ3n) is 4.80. The summed E-state index contributed by atoms with van der Waals surface area (Å²) < 4.78 is 56.8. The molecule has 3 heterocycles. The first-order valence-electron chi connectivity index (χ1n) is 9.58. The van der Waals surface area contributed by atoms with Gasteiger partial charge in [0.25, 0.3) is 5.56 Å². The Bertz CT molecular complexity index is 1090. The van der Waals surface area contributed by atoms with Crippen molar-refractivity contribution < 1.29 is 88.3 Å². The SMILES string of the molecule is O=c1ccn([C@@H]2O[C@H](COP(=O)(OC3O[C@H](CO)[C@@H](O)[C@H]3O)OP(=O)(O)O)[C@@H](O)[C@H]2O)c(=O)[nH]1.[O]=[V]. The fourth-order valence-corrected chi connectivity index (χ4v) is 5.38. The third kappa shape index (κ3) is 7.55. The van der Waals surface area contributed by atoms with Crippen LogP contribution in [0, 0.1) is 0 Å². The van der Waals surface area contributed by atoms with Crippen LogP contribution in [0.2, 0.25) is 0 Å². The third-order valence-corrected chi connectivity index (χ3v) is 7.38. The predicted octanol–water partition coefficient (Wildman–Crippen LogP) is -4.28. The van der Waals surface area contributed by atoms with Gasteiger partial charge in [-0.25, -0.2) is 13.9 Å². The Balaban J connectivity index is 0.00000222. The Hall–Kier alpha value is -0.956. The molecule has 1 aromatic heterocycles. The zero-order valence-electron chi connectivity index (χ0n) is 17.7. The molecule has 0 saturated carbocycles. The van der Waals surface area contributed by atoms with E-state index in [-0.39, 0.29) is 0 Å². The predicted molar refractivity (Wildman–Crippen MR) is 103 cm³/mol. The molecule has 9 atom stereocenters. The maximum absolute atomic E-state index is 12.8. The van der Waals surface area contributed by atoms with Crippen molar-refractivity contribution in [2.45, 2.75) is 49.1 Å². The Kier molecular flexibility index (Phi) is 11.1. The molecule has 22 heteroatoms. The Labute approximate surface area is 209 Å². The number of aromatic amines is 1. The van der Waals surface area contributed by atoms with Gasteiger partial charge in [0.2, 0.25) is 0 Å². The number of phosphoric ester groups is 1. The molecule has 1 aromatic rings. The standard InChI is InChI=1S/C14H22N2O16P2.O.V/c17-3-5-8(19)11(22)13(30-5)31-34(27,32-33(24,25)26)28-4-6-9(20)10(21)12(29-6)16-2-1-7(18)15-14(16)23;;/h1-2,5-6,8-13,17,19-22H,3-4H2,(H,15,18,23)(H2,24,25,26);;/t5-,6-,8-,9-,10-,11-,12-,13?,34?;;/m1../s1. The number of hydrogen-bond acceptors (Lipinski definition) is 15. The van der Waals surface area contributed by atoms with Gasteiger partial charge in [0.1, 0.15) is 36.6 Å². The molecule has 8 N–H and O–H groups in total. The number of rotatable bonds is 9. The van der Waals surface area contributed by atoms with E-state index in [9.17, 15) is 39.1 Å². The molecule has 0 spiro atoms. The Morgan fingerprint density at radius 1 is 1.00 bits per heavy atom. The molecule has 0 bridgehead atoms. The summed E-state index contributed by atoms with van der Waals surface area (Å²) in [6, 6.07) is 0.935. The minimum atomic E-state index is -5.56. The Morgan fingerprint density at radius 2 is 1.61 bits per heavy atom. The number of hydrogen-bond donors (Lipinski definition) is 8. The number of aliphatic hydroxyl groups is 5.